The molecule has 1 amide bonds. The molecule has 3 heterocycles. The summed E-state index contributed by atoms with van der Waals surface area (Å²) < 4.78 is 17.4. The van der Waals surface area contributed by atoms with Crippen molar-refractivity contribution in [3.05, 3.63) is 88.3 Å². The minimum atomic E-state index is -0.170. The van der Waals surface area contributed by atoms with E-state index >= 15 is 0 Å². The van der Waals surface area contributed by atoms with E-state index in [0.717, 1.165) is 53.3 Å². The molecule has 8 heteroatoms. The first-order valence-corrected chi connectivity index (χ1v) is 13.0. The first-order valence-electron chi connectivity index (χ1n) is 11.4. The molecule has 1 N–H and O–H groups in total. The highest BCUT2D eigenvalue weighted by Crippen LogP contribution is 2.44. The van der Waals surface area contributed by atoms with Crippen molar-refractivity contribution in [3.8, 4) is 27.8 Å². The number of carbonyl (C=O) groups is 1. The van der Waals surface area contributed by atoms with Crippen LogP contribution in [-0.2, 0) is 6.42 Å². The van der Waals surface area contributed by atoms with Gasteiger partial charge < -0.3 is 19.5 Å². The van der Waals surface area contributed by atoms with Crippen LogP contribution in [0, 0.1) is 6.92 Å². The van der Waals surface area contributed by atoms with Crippen LogP contribution in [0.25, 0.3) is 20.8 Å². The molecular weight excluding hydrogens is 492 g/mol. The summed E-state index contributed by atoms with van der Waals surface area (Å²) in [6, 6.07) is 21.2. The van der Waals surface area contributed by atoms with Crippen LogP contribution in [0.1, 0.15) is 26.4 Å². The van der Waals surface area contributed by atoms with Crippen molar-refractivity contribution in [1.29, 1.82) is 0 Å². The van der Waals surface area contributed by atoms with Gasteiger partial charge in [-0.25, -0.2) is 4.98 Å². The summed E-state index contributed by atoms with van der Waals surface area (Å²) in [5, 5.41) is 4.85. The number of fused-ring (bicyclic) bond motifs is 2. The quantitative estimate of drug-likeness (QED) is 0.267. The van der Waals surface area contributed by atoms with E-state index < -0.39 is 0 Å². The number of thiazole rings is 1. The summed E-state index contributed by atoms with van der Waals surface area (Å²) in [5.74, 6) is 2.07. The van der Waals surface area contributed by atoms with E-state index in [9.17, 15) is 4.79 Å². The number of nitrogens with one attached hydrogen (secondary N) is 1. The van der Waals surface area contributed by atoms with Crippen LogP contribution in [0.5, 0.6) is 17.2 Å². The van der Waals surface area contributed by atoms with Crippen LogP contribution in [-0.4, -0.2) is 24.8 Å². The van der Waals surface area contributed by atoms with Crippen molar-refractivity contribution in [2.24, 2.45) is 0 Å². The number of hydrogen-bond donors (Lipinski definition) is 1. The van der Waals surface area contributed by atoms with Crippen molar-refractivity contribution in [3.63, 3.8) is 0 Å². The number of ether oxygens (including phenoxy) is 3. The highest BCUT2D eigenvalue weighted by molar-refractivity contribution is 7.23. The van der Waals surface area contributed by atoms with Gasteiger partial charge in [-0.15, -0.1) is 22.7 Å². The summed E-state index contributed by atoms with van der Waals surface area (Å²) in [5.41, 5.74) is 4.72. The number of anilines is 1. The number of hydrogen-bond acceptors (Lipinski definition) is 7. The molecule has 0 radical (unpaired) electrons. The van der Waals surface area contributed by atoms with Gasteiger partial charge in [0.2, 0.25) is 6.79 Å². The molecule has 0 aliphatic carbocycles. The van der Waals surface area contributed by atoms with Crippen LogP contribution in [0.3, 0.4) is 0 Å². The number of amides is 1. The maximum absolute atomic E-state index is 13.2. The fourth-order valence-corrected chi connectivity index (χ4v) is 6.58. The number of aromatic nitrogens is 1. The molecule has 2 aromatic heterocycles. The molecule has 0 atom stereocenters. The second-order valence-electron chi connectivity index (χ2n) is 8.39. The normalized spacial score (nSPS) is 12.2. The number of thiophene rings is 1. The van der Waals surface area contributed by atoms with Gasteiger partial charge in [0.1, 0.15) is 15.8 Å². The van der Waals surface area contributed by atoms with Crippen LogP contribution in [0.4, 0.5) is 5.00 Å². The Kier molecular flexibility index (Phi) is 5.83. The third kappa shape index (κ3) is 4.19. The standard InChI is InChI=1S/C28H22N2O4S2/c1-16-24(14-17-7-12-21-22(13-17)34-15-33-21)36-28(30-26(31)18-8-10-19(32-2)11-9-18)25(16)27-29-20-5-3-4-6-23(20)35-27/h3-13H,14-15H2,1-2H3,(H,30,31). The van der Waals surface area contributed by atoms with Gasteiger partial charge in [-0.1, -0.05) is 18.2 Å². The Labute approximate surface area is 216 Å². The van der Waals surface area contributed by atoms with Crippen molar-refractivity contribution >= 4 is 43.8 Å². The maximum Gasteiger partial charge on any atom is 0.256 e. The molecule has 1 aliphatic heterocycles. The second-order valence-corrected chi connectivity index (χ2v) is 10.5. The molecular formula is C28H22N2O4S2. The monoisotopic (exact) mass is 514 g/mol. The number of nitrogens with zero attached hydrogens (tertiary/aromatic N) is 1. The zero-order chi connectivity index (χ0) is 24.6. The van der Waals surface area contributed by atoms with Crippen LogP contribution in [0.2, 0.25) is 0 Å². The van der Waals surface area contributed by atoms with Gasteiger partial charge in [0, 0.05) is 22.4 Å². The number of para-hydroxylation sites is 1. The largest absolute Gasteiger partial charge is 0.497 e. The van der Waals surface area contributed by atoms with Gasteiger partial charge in [-0.05, 0) is 66.6 Å². The molecule has 0 saturated carbocycles. The molecule has 0 saturated heterocycles. The molecule has 0 unspecified atom stereocenters. The maximum atomic E-state index is 13.2. The minimum absolute atomic E-state index is 0.170. The summed E-state index contributed by atoms with van der Waals surface area (Å²) >= 11 is 3.22. The lowest BCUT2D eigenvalue weighted by molar-refractivity contribution is 0.102. The van der Waals surface area contributed by atoms with E-state index in [2.05, 4.69) is 24.4 Å². The van der Waals surface area contributed by atoms with E-state index in [1.807, 2.05) is 30.3 Å². The van der Waals surface area contributed by atoms with Crippen molar-refractivity contribution in [2.75, 3.05) is 19.2 Å². The van der Waals surface area contributed by atoms with Gasteiger partial charge in [0.25, 0.3) is 5.91 Å². The highest BCUT2D eigenvalue weighted by atomic mass is 32.1. The molecule has 3 aromatic carbocycles. The third-order valence-corrected chi connectivity index (χ3v) is 8.40. The van der Waals surface area contributed by atoms with E-state index in [1.165, 1.54) is 0 Å². The molecule has 0 spiro atoms. The van der Waals surface area contributed by atoms with Gasteiger partial charge in [-0.2, -0.15) is 0 Å². The summed E-state index contributed by atoms with van der Waals surface area (Å²) in [7, 11) is 1.61. The smallest absolute Gasteiger partial charge is 0.256 e. The molecule has 0 bridgehead atoms. The van der Waals surface area contributed by atoms with E-state index in [-0.39, 0.29) is 12.7 Å². The third-order valence-electron chi connectivity index (χ3n) is 6.13. The number of benzene rings is 3. The molecule has 1 aliphatic rings. The Balaban J connectivity index is 1.39. The Morgan fingerprint density at radius 3 is 2.64 bits per heavy atom. The molecule has 6 rings (SSSR count). The number of rotatable bonds is 6. The Bertz CT molecular complexity index is 1550. The Hall–Kier alpha value is -3.88. The van der Waals surface area contributed by atoms with Gasteiger partial charge in [-0.3, -0.25) is 4.79 Å². The number of methoxy groups -OCH3 is 1. The predicted molar refractivity (Wildman–Crippen MR) is 144 cm³/mol. The average molecular weight is 515 g/mol. The molecule has 5 aromatic rings. The van der Waals surface area contributed by atoms with Crippen molar-refractivity contribution < 1.29 is 19.0 Å². The van der Waals surface area contributed by atoms with E-state index in [1.54, 1.807) is 54.0 Å². The molecule has 0 fully saturated rings. The fourth-order valence-electron chi connectivity index (χ4n) is 4.21. The van der Waals surface area contributed by atoms with Crippen LogP contribution >= 0.6 is 22.7 Å². The Morgan fingerprint density at radius 2 is 1.83 bits per heavy atom. The molecule has 36 heavy (non-hydrogen) atoms. The van der Waals surface area contributed by atoms with Crippen molar-refractivity contribution in [2.45, 2.75) is 13.3 Å². The number of carbonyl (C=O) groups excluding carboxylic acids is 1. The SMILES string of the molecule is COc1ccc(C(=O)Nc2sc(Cc3ccc4c(c3)OCO4)c(C)c2-c2nc3ccccc3s2)cc1. The first-order chi connectivity index (χ1) is 17.6. The van der Waals surface area contributed by atoms with E-state index in [0.29, 0.717) is 17.7 Å². The highest BCUT2D eigenvalue weighted by Gasteiger charge is 2.23. The molecule has 6 nitrogen and oxygen atoms in total. The van der Waals surface area contributed by atoms with Crippen LogP contribution < -0.4 is 19.5 Å². The summed E-state index contributed by atoms with van der Waals surface area (Å²) in [6.45, 7) is 2.35. The van der Waals surface area contributed by atoms with Gasteiger partial charge >= 0.3 is 0 Å². The summed E-state index contributed by atoms with van der Waals surface area (Å²) in [4.78, 5) is 19.2. The average Bonchev–Trinajstić information content (AvgIpc) is 3.61. The minimum Gasteiger partial charge on any atom is -0.497 e. The lowest BCUT2D eigenvalue weighted by Gasteiger charge is -2.06. The van der Waals surface area contributed by atoms with Gasteiger partial charge in [0.15, 0.2) is 11.5 Å². The summed E-state index contributed by atoms with van der Waals surface area (Å²) in [6.07, 6.45) is 0.712. The topological polar surface area (TPSA) is 69.7 Å². The van der Waals surface area contributed by atoms with Crippen LogP contribution in [0.15, 0.2) is 66.7 Å². The first kappa shape index (κ1) is 22.6. The predicted octanol–water partition coefficient (Wildman–Crippen LogP) is 6.91. The molecule has 180 valence electrons. The van der Waals surface area contributed by atoms with Crippen molar-refractivity contribution in [1.82, 2.24) is 4.98 Å². The second kappa shape index (κ2) is 9.29. The fraction of sp³-hybridized carbons (Fsp3) is 0.143. The zero-order valence-corrected chi connectivity index (χ0v) is 21.3. The van der Waals surface area contributed by atoms with Gasteiger partial charge in [0.05, 0.1) is 17.3 Å². The lowest BCUT2D eigenvalue weighted by Crippen LogP contribution is -2.11. The van der Waals surface area contributed by atoms with E-state index in [4.69, 9.17) is 19.2 Å². The Morgan fingerprint density at radius 1 is 1.03 bits per heavy atom. The lowest BCUT2D eigenvalue weighted by atomic mass is 10.1. The zero-order valence-electron chi connectivity index (χ0n) is 19.7.